The molecular weight excluding hydrogens is 408 g/mol. The number of benzene rings is 2. The monoisotopic (exact) mass is 418 g/mol. The fourth-order valence-electron chi connectivity index (χ4n) is 2.19. The second-order valence-corrected chi connectivity index (χ2v) is 6.51. The summed E-state index contributed by atoms with van der Waals surface area (Å²) in [7, 11) is 0. The van der Waals surface area contributed by atoms with Gasteiger partial charge in [0, 0.05) is 32.3 Å². The van der Waals surface area contributed by atoms with Crippen LogP contribution in [0.2, 0.25) is 0 Å². The number of aromatic nitrogens is 1. The highest BCUT2D eigenvalue weighted by atomic mass is 79.9. The van der Waals surface area contributed by atoms with Gasteiger partial charge in [-0.15, -0.1) is 0 Å². The molecule has 3 rings (SSSR count). The third kappa shape index (κ3) is 3.31. The van der Waals surface area contributed by atoms with Gasteiger partial charge in [-0.3, -0.25) is 4.79 Å². The summed E-state index contributed by atoms with van der Waals surface area (Å²) in [5, 5.41) is 3.90. The summed E-state index contributed by atoms with van der Waals surface area (Å²) in [6, 6.07) is 13.5. The Balaban J connectivity index is 1.78. The molecule has 1 aromatic heterocycles. The molecule has 0 radical (unpaired) electrons. The zero-order valence-electron chi connectivity index (χ0n) is 11.4. The quantitative estimate of drug-likeness (QED) is 0.552. The van der Waals surface area contributed by atoms with Gasteiger partial charge in [-0.25, -0.2) is 0 Å². The maximum absolute atomic E-state index is 12.0. The van der Waals surface area contributed by atoms with E-state index in [0.29, 0.717) is 0 Å². The molecule has 0 spiro atoms. The first kappa shape index (κ1) is 15.1. The molecule has 5 heteroatoms. The van der Waals surface area contributed by atoms with E-state index in [2.05, 4.69) is 42.2 Å². The lowest BCUT2D eigenvalue weighted by molar-refractivity contribution is -0.111. The zero-order valence-corrected chi connectivity index (χ0v) is 14.6. The van der Waals surface area contributed by atoms with E-state index >= 15 is 0 Å². The lowest BCUT2D eigenvalue weighted by atomic mass is 10.1. The minimum Gasteiger partial charge on any atom is -0.360 e. The number of rotatable bonds is 3. The minimum absolute atomic E-state index is 0.164. The summed E-state index contributed by atoms with van der Waals surface area (Å²) >= 11 is 6.88. The minimum atomic E-state index is -0.164. The molecule has 110 valence electrons. The van der Waals surface area contributed by atoms with Crippen molar-refractivity contribution in [2.24, 2.45) is 0 Å². The molecule has 22 heavy (non-hydrogen) atoms. The Labute approximate surface area is 144 Å². The van der Waals surface area contributed by atoms with Crippen LogP contribution in [-0.4, -0.2) is 10.9 Å². The molecule has 0 saturated carbocycles. The number of halogens is 2. The molecule has 0 bridgehead atoms. The van der Waals surface area contributed by atoms with Crippen molar-refractivity contribution in [2.45, 2.75) is 0 Å². The van der Waals surface area contributed by atoms with Gasteiger partial charge in [0.2, 0.25) is 5.91 Å². The second kappa shape index (κ2) is 6.50. The van der Waals surface area contributed by atoms with Crippen LogP contribution < -0.4 is 5.32 Å². The average molecular weight is 420 g/mol. The van der Waals surface area contributed by atoms with Crippen molar-refractivity contribution < 1.29 is 4.79 Å². The standard InChI is InChI=1S/C17H12Br2N2O/c18-12-3-1-4-13(9-12)21-16(22)8-7-11-10-20-17-14(11)5-2-6-15(17)19/h1-10,20H,(H,21,22)/b8-7+. The summed E-state index contributed by atoms with van der Waals surface area (Å²) in [5.41, 5.74) is 2.75. The van der Waals surface area contributed by atoms with E-state index in [1.54, 1.807) is 6.08 Å². The van der Waals surface area contributed by atoms with Crippen LogP contribution in [0.5, 0.6) is 0 Å². The number of amides is 1. The summed E-state index contributed by atoms with van der Waals surface area (Å²) in [5.74, 6) is -0.164. The van der Waals surface area contributed by atoms with Gasteiger partial charge in [-0.1, -0.05) is 34.1 Å². The molecule has 3 nitrogen and oxygen atoms in total. The molecule has 1 amide bonds. The zero-order chi connectivity index (χ0) is 15.5. The number of aromatic amines is 1. The number of fused-ring (bicyclic) bond motifs is 1. The number of H-pyrrole nitrogens is 1. The van der Waals surface area contributed by atoms with Crippen molar-refractivity contribution in [2.75, 3.05) is 5.32 Å². The van der Waals surface area contributed by atoms with Crippen molar-refractivity contribution in [3.63, 3.8) is 0 Å². The van der Waals surface area contributed by atoms with E-state index in [1.807, 2.05) is 48.7 Å². The van der Waals surface area contributed by atoms with Gasteiger partial charge >= 0.3 is 0 Å². The van der Waals surface area contributed by atoms with E-state index in [0.717, 1.165) is 31.1 Å². The van der Waals surface area contributed by atoms with Crippen LogP contribution in [-0.2, 0) is 4.79 Å². The number of nitrogens with one attached hydrogen (secondary N) is 2. The van der Waals surface area contributed by atoms with Crippen molar-refractivity contribution in [3.8, 4) is 0 Å². The molecule has 0 fully saturated rings. The van der Waals surface area contributed by atoms with Gasteiger partial charge in [0.1, 0.15) is 0 Å². The van der Waals surface area contributed by atoms with Gasteiger partial charge in [0.15, 0.2) is 0 Å². The van der Waals surface area contributed by atoms with Gasteiger partial charge in [-0.05, 0) is 51.8 Å². The Kier molecular flexibility index (Phi) is 4.45. The van der Waals surface area contributed by atoms with E-state index in [9.17, 15) is 4.79 Å². The maximum atomic E-state index is 12.0. The van der Waals surface area contributed by atoms with Crippen LogP contribution in [0, 0.1) is 0 Å². The summed E-state index contributed by atoms with van der Waals surface area (Å²) in [4.78, 5) is 15.2. The van der Waals surface area contributed by atoms with Gasteiger partial charge in [0.05, 0.1) is 5.52 Å². The topological polar surface area (TPSA) is 44.9 Å². The Morgan fingerprint density at radius 2 is 1.95 bits per heavy atom. The Hall–Kier alpha value is -1.85. The fraction of sp³-hybridized carbons (Fsp3) is 0. The van der Waals surface area contributed by atoms with Crippen molar-refractivity contribution in [1.29, 1.82) is 0 Å². The molecule has 1 heterocycles. The smallest absolute Gasteiger partial charge is 0.248 e. The predicted molar refractivity (Wildman–Crippen MR) is 97.8 cm³/mol. The van der Waals surface area contributed by atoms with Crippen molar-refractivity contribution in [3.05, 3.63) is 69.2 Å². The number of anilines is 1. The van der Waals surface area contributed by atoms with Crippen molar-refractivity contribution in [1.82, 2.24) is 4.98 Å². The van der Waals surface area contributed by atoms with Crippen LogP contribution in [0.4, 0.5) is 5.69 Å². The Morgan fingerprint density at radius 3 is 2.77 bits per heavy atom. The number of hydrogen-bond donors (Lipinski definition) is 2. The third-order valence-corrected chi connectivity index (χ3v) is 4.36. The molecule has 3 aromatic rings. The molecular formula is C17H12Br2N2O. The first-order valence-electron chi connectivity index (χ1n) is 6.64. The fourth-order valence-corrected chi connectivity index (χ4v) is 3.07. The molecule has 0 saturated heterocycles. The van der Waals surface area contributed by atoms with Crippen LogP contribution >= 0.6 is 31.9 Å². The molecule has 0 atom stereocenters. The third-order valence-electron chi connectivity index (χ3n) is 3.20. The summed E-state index contributed by atoms with van der Waals surface area (Å²) in [6.07, 6.45) is 5.22. The summed E-state index contributed by atoms with van der Waals surface area (Å²) < 4.78 is 1.93. The highest BCUT2D eigenvalue weighted by Gasteiger charge is 2.04. The first-order chi connectivity index (χ1) is 10.6. The predicted octanol–water partition coefficient (Wildman–Crippen LogP) is 5.34. The molecule has 2 aromatic carbocycles. The van der Waals surface area contributed by atoms with Crippen LogP contribution in [0.3, 0.4) is 0 Å². The lowest BCUT2D eigenvalue weighted by Crippen LogP contribution is -2.07. The maximum Gasteiger partial charge on any atom is 0.248 e. The highest BCUT2D eigenvalue weighted by molar-refractivity contribution is 9.11. The second-order valence-electron chi connectivity index (χ2n) is 4.74. The molecule has 2 N–H and O–H groups in total. The number of para-hydroxylation sites is 1. The summed E-state index contributed by atoms with van der Waals surface area (Å²) in [6.45, 7) is 0. The van der Waals surface area contributed by atoms with E-state index in [1.165, 1.54) is 6.08 Å². The molecule has 0 aliphatic heterocycles. The highest BCUT2D eigenvalue weighted by Crippen LogP contribution is 2.26. The van der Waals surface area contributed by atoms with Crippen LogP contribution in [0.25, 0.3) is 17.0 Å². The van der Waals surface area contributed by atoms with Gasteiger partial charge in [-0.2, -0.15) is 0 Å². The van der Waals surface area contributed by atoms with E-state index in [-0.39, 0.29) is 5.91 Å². The van der Waals surface area contributed by atoms with Crippen LogP contribution in [0.15, 0.2) is 63.7 Å². The van der Waals surface area contributed by atoms with Crippen molar-refractivity contribution >= 4 is 60.4 Å². The number of carbonyl (C=O) groups excluding carboxylic acids is 1. The van der Waals surface area contributed by atoms with E-state index < -0.39 is 0 Å². The Bertz CT molecular complexity index is 868. The molecule has 0 unspecified atom stereocenters. The normalized spacial score (nSPS) is 11.2. The SMILES string of the molecule is O=C(/C=C/c1c[nH]c2c(Br)cccc12)Nc1cccc(Br)c1. The largest absolute Gasteiger partial charge is 0.360 e. The Morgan fingerprint density at radius 1 is 1.14 bits per heavy atom. The van der Waals surface area contributed by atoms with Gasteiger partial charge in [0.25, 0.3) is 0 Å². The lowest BCUT2D eigenvalue weighted by Gasteiger charge is -2.02. The average Bonchev–Trinajstić information content (AvgIpc) is 2.90. The number of hydrogen-bond acceptors (Lipinski definition) is 1. The first-order valence-corrected chi connectivity index (χ1v) is 8.22. The van der Waals surface area contributed by atoms with E-state index in [4.69, 9.17) is 0 Å². The molecule has 0 aliphatic carbocycles. The van der Waals surface area contributed by atoms with Crippen LogP contribution in [0.1, 0.15) is 5.56 Å². The number of carbonyl (C=O) groups is 1. The molecule has 0 aliphatic rings. The van der Waals surface area contributed by atoms with Gasteiger partial charge < -0.3 is 10.3 Å².